The second kappa shape index (κ2) is 5.31. The summed E-state index contributed by atoms with van der Waals surface area (Å²) in [5, 5.41) is 10.5. The molecule has 1 N–H and O–H groups in total. The minimum absolute atomic E-state index is 0.123. The predicted molar refractivity (Wildman–Crippen MR) is 66.5 cm³/mol. The maximum atomic E-state index is 11.4. The number of ether oxygens (including phenoxy) is 1. The summed E-state index contributed by atoms with van der Waals surface area (Å²) in [4.78, 5) is 21.7. The smallest absolute Gasteiger partial charge is 0.311 e. The molecule has 92 valence electrons. The van der Waals surface area contributed by atoms with Gasteiger partial charge < -0.3 is 9.84 Å². The van der Waals surface area contributed by atoms with E-state index in [9.17, 15) is 9.59 Å². The van der Waals surface area contributed by atoms with Crippen molar-refractivity contribution in [3.63, 3.8) is 0 Å². The van der Waals surface area contributed by atoms with Crippen LogP contribution in [0.25, 0.3) is 10.8 Å². The van der Waals surface area contributed by atoms with Crippen LogP contribution in [0.3, 0.4) is 0 Å². The molecule has 4 heteroatoms. The van der Waals surface area contributed by atoms with Crippen LogP contribution in [0.15, 0.2) is 42.5 Å². The number of benzene rings is 2. The number of carboxylic acids is 1. The van der Waals surface area contributed by atoms with E-state index in [2.05, 4.69) is 0 Å². The van der Waals surface area contributed by atoms with Crippen LogP contribution in [0.5, 0.6) is 5.75 Å². The van der Waals surface area contributed by atoms with Gasteiger partial charge in [-0.2, -0.15) is 0 Å². The number of carbonyl (C=O) groups is 2. The fourth-order valence-corrected chi connectivity index (χ4v) is 1.62. The van der Waals surface area contributed by atoms with Gasteiger partial charge in [0.2, 0.25) is 0 Å². The molecule has 18 heavy (non-hydrogen) atoms. The van der Waals surface area contributed by atoms with E-state index in [0.29, 0.717) is 5.75 Å². The van der Waals surface area contributed by atoms with E-state index in [-0.39, 0.29) is 12.8 Å². The lowest BCUT2D eigenvalue weighted by Crippen LogP contribution is -2.10. The Kier molecular flexibility index (Phi) is 3.57. The fourth-order valence-electron chi connectivity index (χ4n) is 1.62. The average Bonchev–Trinajstić information content (AvgIpc) is 2.36. The first-order chi connectivity index (χ1) is 8.65. The highest BCUT2D eigenvalue weighted by Gasteiger charge is 2.08. The standard InChI is InChI=1S/C14H12O4/c15-13(16)7-8-14(17)18-12-6-5-10-3-1-2-4-11(10)9-12/h1-6,9H,7-8H2,(H,15,16). The van der Waals surface area contributed by atoms with Crippen molar-refractivity contribution in [2.24, 2.45) is 0 Å². The molecule has 0 saturated carbocycles. The van der Waals surface area contributed by atoms with Gasteiger partial charge in [-0.3, -0.25) is 9.59 Å². The van der Waals surface area contributed by atoms with Crippen LogP contribution in [-0.4, -0.2) is 17.0 Å². The van der Waals surface area contributed by atoms with Gasteiger partial charge in [0.15, 0.2) is 0 Å². The third kappa shape index (κ3) is 3.07. The highest BCUT2D eigenvalue weighted by atomic mass is 16.5. The quantitative estimate of drug-likeness (QED) is 0.663. The Labute approximate surface area is 104 Å². The summed E-state index contributed by atoms with van der Waals surface area (Å²) in [7, 11) is 0. The Morgan fingerprint density at radius 2 is 1.72 bits per heavy atom. The zero-order chi connectivity index (χ0) is 13.0. The molecule has 0 aliphatic rings. The summed E-state index contributed by atoms with van der Waals surface area (Å²) in [5.41, 5.74) is 0. The molecule has 2 rings (SSSR count). The minimum Gasteiger partial charge on any atom is -0.481 e. The first-order valence-corrected chi connectivity index (χ1v) is 5.56. The summed E-state index contributed by atoms with van der Waals surface area (Å²) in [6.07, 6.45) is -0.339. The third-order valence-electron chi connectivity index (χ3n) is 2.50. The molecule has 0 aromatic heterocycles. The molecule has 4 nitrogen and oxygen atoms in total. The van der Waals surface area contributed by atoms with E-state index < -0.39 is 11.9 Å². The van der Waals surface area contributed by atoms with Gasteiger partial charge in [-0.1, -0.05) is 30.3 Å². The number of hydrogen-bond donors (Lipinski definition) is 1. The van der Waals surface area contributed by atoms with Crippen molar-refractivity contribution in [1.29, 1.82) is 0 Å². The van der Waals surface area contributed by atoms with E-state index in [1.807, 2.05) is 30.3 Å². The van der Waals surface area contributed by atoms with Crippen LogP contribution >= 0.6 is 0 Å². The van der Waals surface area contributed by atoms with Crippen molar-refractivity contribution in [1.82, 2.24) is 0 Å². The number of esters is 1. The van der Waals surface area contributed by atoms with E-state index in [4.69, 9.17) is 9.84 Å². The van der Waals surface area contributed by atoms with Gasteiger partial charge in [-0.15, -0.1) is 0 Å². The summed E-state index contributed by atoms with van der Waals surface area (Å²) in [6.45, 7) is 0. The fraction of sp³-hybridized carbons (Fsp3) is 0.143. The number of aliphatic carboxylic acids is 1. The molecule has 0 bridgehead atoms. The number of carboxylic acid groups (broad SMARTS) is 1. The molecule has 0 aliphatic carbocycles. The first kappa shape index (κ1) is 12.1. The van der Waals surface area contributed by atoms with Crippen molar-refractivity contribution < 1.29 is 19.4 Å². The Balaban J connectivity index is 2.07. The molecule has 0 spiro atoms. The number of fused-ring (bicyclic) bond motifs is 1. The molecule has 0 aliphatic heterocycles. The van der Waals surface area contributed by atoms with Crippen molar-refractivity contribution >= 4 is 22.7 Å². The lowest BCUT2D eigenvalue weighted by atomic mass is 10.1. The molecule has 2 aromatic rings. The zero-order valence-corrected chi connectivity index (χ0v) is 9.63. The van der Waals surface area contributed by atoms with E-state index >= 15 is 0 Å². The van der Waals surface area contributed by atoms with Gasteiger partial charge in [0.25, 0.3) is 0 Å². The van der Waals surface area contributed by atoms with Crippen LogP contribution in [0, 0.1) is 0 Å². The van der Waals surface area contributed by atoms with Crippen molar-refractivity contribution in [3.8, 4) is 5.75 Å². The molecule has 0 amide bonds. The highest BCUT2D eigenvalue weighted by Crippen LogP contribution is 2.20. The van der Waals surface area contributed by atoms with E-state index in [1.54, 1.807) is 12.1 Å². The first-order valence-electron chi connectivity index (χ1n) is 5.56. The van der Waals surface area contributed by atoms with E-state index in [1.165, 1.54) is 0 Å². The molecule has 0 radical (unpaired) electrons. The Morgan fingerprint density at radius 1 is 1.00 bits per heavy atom. The molecule has 0 heterocycles. The SMILES string of the molecule is O=C(O)CCC(=O)Oc1ccc2ccccc2c1. The molecular weight excluding hydrogens is 232 g/mol. The molecule has 0 saturated heterocycles. The van der Waals surface area contributed by atoms with Crippen LogP contribution < -0.4 is 4.74 Å². The number of hydrogen-bond acceptors (Lipinski definition) is 3. The average molecular weight is 244 g/mol. The molecule has 2 aromatic carbocycles. The third-order valence-corrected chi connectivity index (χ3v) is 2.50. The second-order valence-corrected chi connectivity index (χ2v) is 3.88. The molecule has 0 atom stereocenters. The normalized spacial score (nSPS) is 10.2. The van der Waals surface area contributed by atoms with Crippen LogP contribution in [0.4, 0.5) is 0 Å². The Morgan fingerprint density at radius 3 is 2.44 bits per heavy atom. The van der Waals surface area contributed by atoms with Gasteiger partial charge in [-0.05, 0) is 22.9 Å². The van der Waals surface area contributed by atoms with Gasteiger partial charge in [-0.25, -0.2) is 0 Å². The number of rotatable bonds is 4. The van der Waals surface area contributed by atoms with Crippen molar-refractivity contribution in [3.05, 3.63) is 42.5 Å². The maximum Gasteiger partial charge on any atom is 0.311 e. The molecule has 0 fully saturated rings. The molecular formula is C14H12O4. The Bertz CT molecular complexity index is 589. The van der Waals surface area contributed by atoms with Crippen molar-refractivity contribution in [2.75, 3.05) is 0 Å². The summed E-state index contributed by atoms with van der Waals surface area (Å²) < 4.78 is 5.07. The van der Waals surface area contributed by atoms with Crippen LogP contribution in [-0.2, 0) is 9.59 Å². The van der Waals surface area contributed by atoms with Gasteiger partial charge in [0, 0.05) is 0 Å². The second-order valence-electron chi connectivity index (χ2n) is 3.88. The predicted octanol–water partition coefficient (Wildman–Crippen LogP) is 2.61. The summed E-state index contributed by atoms with van der Waals surface area (Å²) in [6, 6.07) is 13.0. The van der Waals surface area contributed by atoms with Gasteiger partial charge >= 0.3 is 11.9 Å². The monoisotopic (exact) mass is 244 g/mol. The van der Waals surface area contributed by atoms with Crippen LogP contribution in [0.2, 0.25) is 0 Å². The number of carbonyl (C=O) groups excluding carboxylic acids is 1. The zero-order valence-electron chi connectivity index (χ0n) is 9.63. The van der Waals surface area contributed by atoms with Crippen molar-refractivity contribution in [2.45, 2.75) is 12.8 Å². The lowest BCUT2D eigenvalue weighted by Gasteiger charge is -2.04. The summed E-state index contributed by atoms with van der Waals surface area (Å²) >= 11 is 0. The minimum atomic E-state index is -1.01. The highest BCUT2D eigenvalue weighted by molar-refractivity contribution is 5.85. The van der Waals surface area contributed by atoms with Gasteiger partial charge in [0.1, 0.15) is 5.75 Å². The summed E-state index contributed by atoms with van der Waals surface area (Å²) in [5.74, 6) is -1.11. The molecule has 0 unspecified atom stereocenters. The van der Waals surface area contributed by atoms with Crippen LogP contribution in [0.1, 0.15) is 12.8 Å². The lowest BCUT2D eigenvalue weighted by molar-refractivity contribution is -0.142. The Hall–Kier alpha value is -2.36. The van der Waals surface area contributed by atoms with E-state index in [0.717, 1.165) is 10.8 Å². The largest absolute Gasteiger partial charge is 0.481 e. The topological polar surface area (TPSA) is 63.6 Å². The maximum absolute atomic E-state index is 11.4. The van der Waals surface area contributed by atoms with Gasteiger partial charge in [0.05, 0.1) is 12.8 Å².